The Morgan fingerprint density at radius 3 is 2.00 bits per heavy atom. The number of rotatable bonds is 7. The van der Waals surface area contributed by atoms with E-state index in [0.717, 1.165) is 18.2 Å². The van der Waals surface area contributed by atoms with E-state index in [0.29, 0.717) is 4.31 Å². The van der Waals surface area contributed by atoms with E-state index in [1.54, 1.807) is 20.8 Å². The largest absolute Gasteiger partial charge is 0.534 e. The number of anilines is 1. The molecule has 0 aliphatic rings. The summed E-state index contributed by atoms with van der Waals surface area (Å²) >= 11 is 12.0. The van der Waals surface area contributed by atoms with Crippen LogP contribution in [0, 0.1) is 0 Å². The van der Waals surface area contributed by atoms with Crippen LogP contribution in [0.2, 0.25) is 10.0 Å². The second kappa shape index (κ2) is 10.4. The molecule has 8 nitrogen and oxygen atoms in total. The highest BCUT2D eigenvalue weighted by molar-refractivity contribution is 7.93. The molecule has 0 radical (unpaired) electrons. The van der Waals surface area contributed by atoms with Gasteiger partial charge in [-0.15, -0.1) is 0 Å². The Morgan fingerprint density at radius 2 is 1.45 bits per heavy atom. The minimum Gasteiger partial charge on any atom is -0.459 e. The van der Waals surface area contributed by atoms with Gasteiger partial charge in [-0.1, -0.05) is 47.5 Å². The lowest BCUT2D eigenvalue weighted by molar-refractivity contribution is -0.152. The number of hydrogen-bond donors (Lipinski definition) is 0. The van der Waals surface area contributed by atoms with Gasteiger partial charge in [-0.05, 0) is 51.1 Å². The quantitative estimate of drug-likeness (QED) is 0.185. The van der Waals surface area contributed by atoms with E-state index in [1.807, 2.05) is 0 Å². The minimum atomic E-state index is -6.03. The lowest BCUT2D eigenvalue weighted by Gasteiger charge is -2.27. The smallest absolute Gasteiger partial charge is 0.459 e. The molecule has 0 aliphatic carbocycles. The van der Waals surface area contributed by atoms with E-state index in [2.05, 4.69) is 4.18 Å². The summed E-state index contributed by atoms with van der Waals surface area (Å²) in [6, 6.07) is 10.7. The van der Waals surface area contributed by atoms with Crippen molar-refractivity contribution >= 4 is 65.8 Å². The summed E-state index contributed by atoms with van der Waals surface area (Å²) in [6.45, 7) is 3.87. The number of hydrogen-bond acceptors (Lipinski definition) is 7. The molecule has 0 unspecified atom stereocenters. The van der Waals surface area contributed by atoms with Gasteiger partial charge in [0.25, 0.3) is 10.0 Å². The van der Waals surface area contributed by atoms with Crippen molar-refractivity contribution in [2.75, 3.05) is 10.8 Å². The molecule has 0 spiro atoms. The average molecular weight is 614 g/mol. The number of halogens is 5. The van der Waals surface area contributed by atoms with Gasteiger partial charge in [0.15, 0.2) is 5.75 Å². The van der Waals surface area contributed by atoms with Crippen LogP contribution in [0.25, 0.3) is 10.8 Å². The molecule has 3 rings (SSSR count). The van der Waals surface area contributed by atoms with E-state index in [1.165, 1.54) is 36.4 Å². The number of nitrogens with zero attached hydrogens (tertiary/aromatic N) is 1. The zero-order chi connectivity index (χ0) is 28.7. The van der Waals surface area contributed by atoms with Gasteiger partial charge in [0.05, 0.1) is 10.6 Å². The number of fused-ring (bicyclic) bond motifs is 1. The first-order valence-electron chi connectivity index (χ1n) is 10.5. The van der Waals surface area contributed by atoms with Crippen molar-refractivity contribution in [2.24, 2.45) is 0 Å². The van der Waals surface area contributed by atoms with Crippen LogP contribution in [-0.2, 0) is 29.7 Å². The number of alkyl halides is 3. The fourth-order valence-electron chi connectivity index (χ4n) is 3.32. The molecule has 0 amide bonds. The molecule has 0 heterocycles. The predicted molar refractivity (Wildman–Crippen MR) is 136 cm³/mol. The predicted octanol–water partition coefficient (Wildman–Crippen LogP) is 5.91. The van der Waals surface area contributed by atoms with Gasteiger partial charge in [-0.25, -0.2) is 8.42 Å². The number of ether oxygens (including phenoxy) is 1. The van der Waals surface area contributed by atoms with E-state index < -0.39 is 49.5 Å². The topological polar surface area (TPSA) is 107 Å². The fourth-order valence-corrected chi connectivity index (χ4v) is 5.95. The van der Waals surface area contributed by atoms with Gasteiger partial charge < -0.3 is 8.92 Å². The molecule has 15 heteroatoms. The third-order valence-electron chi connectivity index (χ3n) is 4.73. The summed E-state index contributed by atoms with van der Waals surface area (Å²) in [6.07, 6.45) is 0. The van der Waals surface area contributed by atoms with Crippen molar-refractivity contribution in [1.82, 2.24) is 0 Å². The normalized spacial score (nSPS) is 12.8. The second-order valence-corrected chi connectivity index (χ2v) is 13.1. The van der Waals surface area contributed by atoms with E-state index >= 15 is 0 Å². The van der Waals surface area contributed by atoms with Crippen molar-refractivity contribution in [3.05, 3.63) is 64.6 Å². The zero-order valence-corrected chi connectivity index (χ0v) is 23.1. The van der Waals surface area contributed by atoms with E-state index in [4.69, 9.17) is 27.9 Å². The second-order valence-electron chi connectivity index (χ2n) is 8.81. The summed E-state index contributed by atoms with van der Waals surface area (Å²) in [5.41, 5.74) is -6.86. The Hall–Kier alpha value is -2.74. The molecule has 0 aromatic heterocycles. The number of esters is 1. The van der Waals surface area contributed by atoms with Gasteiger partial charge in [-0.3, -0.25) is 9.10 Å². The summed E-state index contributed by atoms with van der Waals surface area (Å²) in [5.74, 6) is -1.65. The molecule has 0 bridgehead atoms. The first-order valence-corrected chi connectivity index (χ1v) is 14.2. The first kappa shape index (κ1) is 29.8. The third kappa shape index (κ3) is 6.63. The molecule has 0 saturated carbocycles. The Kier molecular flexibility index (Phi) is 8.19. The summed E-state index contributed by atoms with van der Waals surface area (Å²) < 4.78 is 99.8. The van der Waals surface area contributed by atoms with Gasteiger partial charge in [0.1, 0.15) is 12.1 Å². The van der Waals surface area contributed by atoms with Gasteiger partial charge in [0.2, 0.25) is 0 Å². The lowest BCUT2D eigenvalue weighted by atomic mass is 10.1. The molecule has 0 saturated heterocycles. The Morgan fingerprint density at radius 1 is 0.895 bits per heavy atom. The molecule has 3 aromatic carbocycles. The maximum absolute atomic E-state index is 13.8. The van der Waals surface area contributed by atoms with Crippen molar-refractivity contribution in [2.45, 2.75) is 36.8 Å². The van der Waals surface area contributed by atoms with Crippen LogP contribution in [0.1, 0.15) is 20.8 Å². The van der Waals surface area contributed by atoms with Crippen LogP contribution in [0.15, 0.2) is 59.5 Å². The number of benzene rings is 3. The van der Waals surface area contributed by atoms with Crippen molar-refractivity contribution in [1.29, 1.82) is 0 Å². The molecule has 38 heavy (non-hydrogen) atoms. The standard InChI is InChI=1S/C23H20Cl2F3NO7S2/c1-22(2,3)35-21(30)13-29(37(31,32)16-11-14(24)10-15(25)12-16)19-8-4-7-18-17(19)6-5-9-20(18)36-38(33,34)23(26,27)28/h4-12H,13H2,1-3H3. The number of carbonyl (C=O) groups is 1. The Bertz CT molecular complexity index is 1580. The monoisotopic (exact) mass is 613 g/mol. The van der Waals surface area contributed by atoms with Crippen molar-refractivity contribution in [3.63, 3.8) is 0 Å². The van der Waals surface area contributed by atoms with E-state index in [9.17, 15) is 34.8 Å². The maximum Gasteiger partial charge on any atom is 0.534 e. The Labute approximate surface area is 227 Å². The lowest BCUT2D eigenvalue weighted by Crippen LogP contribution is -2.39. The molecular weight excluding hydrogens is 594 g/mol. The van der Waals surface area contributed by atoms with Gasteiger partial charge >= 0.3 is 21.6 Å². The Balaban J connectivity index is 2.24. The number of sulfonamides is 1. The van der Waals surface area contributed by atoms with Crippen LogP contribution >= 0.6 is 23.2 Å². The molecular formula is C23H20Cl2F3NO7S2. The van der Waals surface area contributed by atoms with E-state index in [-0.39, 0.29) is 31.4 Å². The van der Waals surface area contributed by atoms with Crippen LogP contribution < -0.4 is 8.49 Å². The highest BCUT2D eigenvalue weighted by Gasteiger charge is 2.48. The first-order chi connectivity index (χ1) is 17.3. The summed E-state index contributed by atoms with van der Waals surface area (Å²) in [4.78, 5) is 12.4. The summed E-state index contributed by atoms with van der Waals surface area (Å²) in [5, 5.41) is -0.243. The zero-order valence-electron chi connectivity index (χ0n) is 19.9. The third-order valence-corrected chi connectivity index (χ3v) is 7.87. The fraction of sp³-hybridized carbons (Fsp3) is 0.261. The minimum absolute atomic E-state index is 0.0146. The number of carbonyl (C=O) groups excluding carboxylic acids is 1. The molecule has 0 N–H and O–H groups in total. The molecule has 0 atom stereocenters. The van der Waals surface area contributed by atoms with Crippen LogP contribution in [0.3, 0.4) is 0 Å². The molecule has 0 aliphatic heterocycles. The maximum atomic E-state index is 13.8. The van der Waals surface area contributed by atoms with Gasteiger partial charge in [0, 0.05) is 20.8 Å². The van der Waals surface area contributed by atoms with Gasteiger partial charge in [-0.2, -0.15) is 21.6 Å². The highest BCUT2D eigenvalue weighted by Crippen LogP contribution is 2.38. The van der Waals surface area contributed by atoms with Crippen LogP contribution in [-0.4, -0.2) is 40.5 Å². The molecule has 0 fully saturated rings. The molecule has 3 aromatic rings. The van der Waals surface area contributed by atoms with Crippen LogP contribution in [0.4, 0.5) is 18.9 Å². The highest BCUT2D eigenvalue weighted by atomic mass is 35.5. The van der Waals surface area contributed by atoms with Crippen LogP contribution in [0.5, 0.6) is 5.75 Å². The SMILES string of the molecule is CC(C)(C)OC(=O)CN(c1cccc2c(OS(=O)(=O)C(F)(F)F)cccc12)S(=O)(=O)c1cc(Cl)cc(Cl)c1. The van der Waals surface area contributed by atoms with Crippen molar-refractivity contribution in [3.8, 4) is 5.75 Å². The summed E-state index contributed by atoms with van der Waals surface area (Å²) in [7, 11) is -10.6. The molecule has 206 valence electrons. The average Bonchev–Trinajstić information content (AvgIpc) is 2.74. The van der Waals surface area contributed by atoms with Crippen molar-refractivity contribution < 1.29 is 43.7 Å².